The molecule has 6 heteroatoms. The predicted molar refractivity (Wildman–Crippen MR) is 130 cm³/mol. The van der Waals surface area contributed by atoms with Crippen LogP contribution in [-0.2, 0) is 19.0 Å². The molecule has 12 atom stereocenters. The summed E-state index contributed by atoms with van der Waals surface area (Å²) in [5.74, 6) is 1.77. The van der Waals surface area contributed by atoms with Crippen LogP contribution in [0, 0.1) is 34.5 Å². The molecule has 1 saturated heterocycles. The van der Waals surface area contributed by atoms with E-state index in [0.29, 0.717) is 24.2 Å². The lowest BCUT2D eigenvalue weighted by Gasteiger charge is -2.63. The Hall–Kier alpha value is -0.530. The Morgan fingerprint density at radius 1 is 1.03 bits per heavy atom. The van der Waals surface area contributed by atoms with Crippen LogP contribution >= 0.6 is 0 Å². The molecule has 6 nitrogen and oxygen atoms in total. The van der Waals surface area contributed by atoms with Crippen molar-refractivity contribution in [3.8, 4) is 0 Å². The van der Waals surface area contributed by atoms with Gasteiger partial charge in [-0.25, -0.2) is 0 Å². The lowest BCUT2D eigenvalue weighted by Crippen LogP contribution is -2.62. The predicted octanol–water partition coefficient (Wildman–Crippen LogP) is 4.21. The first-order chi connectivity index (χ1) is 16.0. The zero-order valence-electron chi connectivity index (χ0n) is 21.9. The van der Waals surface area contributed by atoms with E-state index in [9.17, 15) is 9.90 Å². The number of ketones is 1. The van der Waals surface area contributed by atoms with E-state index in [4.69, 9.17) is 19.9 Å². The highest BCUT2D eigenvalue weighted by Gasteiger charge is 2.67. The summed E-state index contributed by atoms with van der Waals surface area (Å²) in [5.41, 5.74) is 5.54. The molecule has 5 rings (SSSR count). The number of carbonyl (C=O) groups is 1. The van der Waals surface area contributed by atoms with Gasteiger partial charge in [-0.05, 0) is 94.8 Å². The summed E-state index contributed by atoms with van der Waals surface area (Å²) >= 11 is 0. The van der Waals surface area contributed by atoms with E-state index in [2.05, 4.69) is 13.8 Å². The van der Waals surface area contributed by atoms with Gasteiger partial charge < -0.3 is 25.1 Å². The van der Waals surface area contributed by atoms with Crippen LogP contribution < -0.4 is 5.73 Å². The van der Waals surface area contributed by atoms with Crippen LogP contribution in [0.25, 0.3) is 0 Å². The van der Waals surface area contributed by atoms with E-state index < -0.39 is 5.60 Å². The second-order valence-corrected chi connectivity index (χ2v) is 13.0. The van der Waals surface area contributed by atoms with Crippen LogP contribution in [0.5, 0.6) is 0 Å². The molecule has 0 bridgehead atoms. The first-order valence-corrected chi connectivity index (χ1v) is 13.9. The molecule has 0 aromatic rings. The molecule has 4 aliphatic carbocycles. The fraction of sp³-hybridized carbons (Fsp3) is 0.964. The topological polar surface area (TPSA) is 91.0 Å². The number of fused-ring (bicyclic) bond motifs is 5. The van der Waals surface area contributed by atoms with Crippen molar-refractivity contribution in [2.45, 2.75) is 128 Å². The number of carbonyl (C=O) groups excluding carboxylic acids is 1. The van der Waals surface area contributed by atoms with E-state index in [1.54, 1.807) is 14.0 Å². The minimum atomic E-state index is -0.687. The number of hydrogen-bond acceptors (Lipinski definition) is 6. The molecule has 0 aromatic carbocycles. The van der Waals surface area contributed by atoms with Crippen molar-refractivity contribution in [1.29, 1.82) is 0 Å². The maximum atomic E-state index is 12.4. The third-order valence-corrected chi connectivity index (χ3v) is 11.7. The van der Waals surface area contributed by atoms with Crippen LogP contribution in [0.3, 0.4) is 0 Å². The Kier molecular flexibility index (Phi) is 6.50. The number of methoxy groups -OCH3 is 1. The van der Waals surface area contributed by atoms with Crippen molar-refractivity contribution in [3.05, 3.63) is 0 Å². The molecular formula is C28H47NO5. The van der Waals surface area contributed by atoms with Gasteiger partial charge in [0.15, 0.2) is 6.29 Å². The van der Waals surface area contributed by atoms with Crippen LogP contribution in [0.15, 0.2) is 0 Å². The maximum absolute atomic E-state index is 12.4. The van der Waals surface area contributed by atoms with Crippen molar-refractivity contribution in [3.63, 3.8) is 0 Å². The smallest absolute Gasteiger partial charge is 0.160 e. The molecule has 1 heterocycles. The fourth-order valence-electron chi connectivity index (χ4n) is 9.55. The zero-order valence-corrected chi connectivity index (χ0v) is 21.9. The molecule has 0 aromatic heterocycles. The Morgan fingerprint density at radius 3 is 2.50 bits per heavy atom. The van der Waals surface area contributed by atoms with Gasteiger partial charge in [-0.3, -0.25) is 4.79 Å². The van der Waals surface area contributed by atoms with Gasteiger partial charge in [-0.1, -0.05) is 13.8 Å². The van der Waals surface area contributed by atoms with Gasteiger partial charge in [0.1, 0.15) is 5.78 Å². The van der Waals surface area contributed by atoms with Gasteiger partial charge in [0, 0.05) is 24.9 Å². The molecule has 5 fully saturated rings. The number of Topliss-reactive ketones (excluding diaryl/α,β-unsaturated/α-hetero) is 1. The zero-order chi connectivity index (χ0) is 24.5. The van der Waals surface area contributed by atoms with E-state index in [1.807, 2.05) is 6.92 Å². The monoisotopic (exact) mass is 477 g/mol. The highest BCUT2D eigenvalue weighted by molar-refractivity contribution is 5.80. The van der Waals surface area contributed by atoms with Crippen molar-refractivity contribution in [2.75, 3.05) is 7.11 Å². The van der Waals surface area contributed by atoms with Crippen molar-refractivity contribution >= 4 is 5.78 Å². The second-order valence-electron chi connectivity index (χ2n) is 13.0. The molecule has 34 heavy (non-hydrogen) atoms. The minimum Gasteiger partial charge on any atom is -0.389 e. The summed E-state index contributed by atoms with van der Waals surface area (Å²) in [4.78, 5) is 12.4. The van der Waals surface area contributed by atoms with Crippen molar-refractivity contribution in [1.82, 2.24) is 0 Å². The standard InChI is InChI=1S/C28H47NO5/c1-16(30)20-10-13-28(31)22-7-6-18-14-19(34-24-15-23(32-5)25(29)17(2)33-24)8-11-26(18,3)21(22)9-12-27(20,28)4/h17-25,31H,6-15,29H2,1-5H3/t17?,18-,19-,20?,21-,22+,23?,24?,25?,26-,27+,28-/m0/s1. The minimum absolute atomic E-state index is 0.0232. The summed E-state index contributed by atoms with van der Waals surface area (Å²) in [7, 11) is 1.72. The number of aliphatic hydroxyl groups is 1. The summed E-state index contributed by atoms with van der Waals surface area (Å²) in [6.07, 6.45) is 9.80. The lowest BCUT2D eigenvalue weighted by atomic mass is 9.43. The highest BCUT2D eigenvalue weighted by Crippen LogP contribution is 2.69. The molecule has 0 radical (unpaired) electrons. The van der Waals surface area contributed by atoms with E-state index in [1.165, 1.54) is 0 Å². The number of ether oxygens (including phenoxy) is 3. The Labute approximate surface area is 205 Å². The molecular weight excluding hydrogens is 430 g/mol. The second kappa shape index (κ2) is 8.79. The Morgan fingerprint density at radius 2 is 1.79 bits per heavy atom. The van der Waals surface area contributed by atoms with Gasteiger partial charge in [0.05, 0.1) is 30.0 Å². The Balaban J connectivity index is 1.27. The first-order valence-electron chi connectivity index (χ1n) is 13.9. The molecule has 5 unspecified atom stereocenters. The largest absolute Gasteiger partial charge is 0.389 e. The van der Waals surface area contributed by atoms with Crippen LogP contribution in [-0.4, -0.2) is 54.2 Å². The summed E-state index contributed by atoms with van der Waals surface area (Å²) in [5, 5.41) is 12.1. The molecule has 0 amide bonds. The summed E-state index contributed by atoms with van der Waals surface area (Å²) < 4.78 is 18.2. The molecule has 3 N–H and O–H groups in total. The SMILES string of the molecule is COC1CC(O[C@H]2CC[C@@]3(C)[C@@H](CC[C@@H]4[C@@H]3CC[C@]3(C)C(C(C)=O)CC[C@]43O)C2)OC(C)C1N. The average molecular weight is 478 g/mol. The molecule has 0 spiro atoms. The number of nitrogens with two attached hydrogens (primary N) is 1. The molecule has 1 aliphatic heterocycles. The van der Waals surface area contributed by atoms with Gasteiger partial charge in [0.2, 0.25) is 0 Å². The van der Waals surface area contributed by atoms with Crippen molar-refractivity contribution in [2.24, 2.45) is 40.2 Å². The number of hydrogen-bond donors (Lipinski definition) is 2. The van der Waals surface area contributed by atoms with Crippen LogP contribution in [0.1, 0.15) is 91.9 Å². The lowest BCUT2D eigenvalue weighted by molar-refractivity contribution is -0.255. The third-order valence-electron chi connectivity index (χ3n) is 11.7. The van der Waals surface area contributed by atoms with Crippen molar-refractivity contribution < 1.29 is 24.1 Å². The molecule has 5 aliphatic rings. The van der Waals surface area contributed by atoms with Gasteiger partial charge in [-0.2, -0.15) is 0 Å². The molecule has 194 valence electrons. The highest BCUT2D eigenvalue weighted by atomic mass is 16.7. The first kappa shape index (κ1) is 25.1. The van der Waals surface area contributed by atoms with Crippen LogP contribution in [0.2, 0.25) is 0 Å². The van der Waals surface area contributed by atoms with E-state index >= 15 is 0 Å². The van der Waals surface area contributed by atoms with Gasteiger partial charge >= 0.3 is 0 Å². The van der Waals surface area contributed by atoms with Crippen LogP contribution in [0.4, 0.5) is 0 Å². The fourth-order valence-corrected chi connectivity index (χ4v) is 9.55. The normalized spacial score (nSPS) is 55.2. The van der Waals surface area contributed by atoms with E-state index in [0.717, 1.165) is 57.8 Å². The summed E-state index contributed by atoms with van der Waals surface area (Å²) in [6, 6.07) is -0.115. The third kappa shape index (κ3) is 3.65. The quantitative estimate of drug-likeness (QED) is 0.590. The van der Waals surface area contributed by atoms with Gasteiger partial charge in [0.25, 0.3) is 0 Å². The Bertz CT molecular complexity index is 791. The molecule has 4 saturated carbocycles. The number of rotatable bonds is 4. The van der Waals surface area contributed by atoms with E-state index in [-0.39, 0.29) is 53.2 Å². The average Bonchev–Trinajstić information content (AvgIpc) is 3.07. The maximum Gasteiger partial charge on any atom is 0.160 e. The summed E-state index contributed by atoms with van der Waals surface area (Å²) in [6.45, 7) is 8.44. The van der Waals surface area contributed by atoms with Gasteiger partial charge in [-0.15, -0.1) is 0 Å².